The van der Waals surface area contributed by atoms with Crippen molar-refractivity contribution < 1.29 is 14.3 Å². The van der Waals surface area contributed by atoms with Crippen LogP contribution >= 0.6 is 0 Å². The monoisotopic (exact) mass is 256 g/mol. The van der Waals surface area contributed by atoms with Gasteiger partial charge in [0.1, 0.15) is 17.1 Å². The van der Waals surface area contributed by atoms with E-state index in [-0.39, 0.29) is 5.75 Å². The number of benzene rings is 2. The lowest BCUT2D eigenvalue weighted by Gasteiger charge is -2.07. The molecule has 3 rings (SSSR count). The maximum absolute atomic E-state index is 12.0. The molecule has 0 bridgehead atoms. The summed E-state index contributed by atoms with van der Waals surface area (Å²) in [6.45, 7) is 1.87. The SMILES string of the molecule is COc1ccc2c(c1)c(=O)oc1cc(O)cc(C)c12. The van der Waals surface area contributed by atoms with E-state index < -0.39 is 5.63 Å². The third-order valence-electron chi connectivity index (χ3n) is 3.20. The number of methoxy groups -OCH3 is 1. The molecule has 0 saturated carbocycles. The van der Waals surface area contributed by atoms with Crippen LogP contribution in [0.3, 0.4) is 0 Å². The summed E-state index contributed by atoms with van der Waals surface area (Å²) in [6, 6.07) is 8.39. The number of fused-ring (bicyclic) bond motifs is 3. The van der Waals surface area contributed by atoms with Crippen molar-refractivity contribution in [1.82, 2.24) is 0 Å². The average Bonchev–Trinajstić information content (AvgIpc) is 2.37. The quantitative estimate of drug-likeness (QED) is 0.537. The van der Waals surface area contributed by atoms with Crippen molar-refractivity contribution in [2.45, 2.75) is 6.92 Å². The summed E-state index contributed by atoms with van der Waals surface area (Å²) in [7, 11) is 1.55. The highest BCUT2D eigenvalue weighted by atomic mass is 16.5. The first kappa shape index (κ1) is 11.6. The minimum absolute atomic E-state index is 0.0843. The summed E-state index contributed by atoms with van der Waals surface area (Å²) in [6.07, 6.45) is 0. The van der Waals surface area contributed by atoms with E-state index in [9.17, 15) is 9.90 Å². The molecule has 3 aromatic rings. The van der Waals surface area contributed by atoms with Gasteiger partial charge in [0.05, 0.1) is 12.5 Å². The molecule has 2 aromatic carbocycles. The Bertz CT molecular complexity index is 846. The van der Waals surface area contributed by atoms with Gasteiger partial charge in [-0.3, -0.25) is 0 Å². The molecule has 0 radical (unpaired) electrons. The predicted octanol–water partition coefficient (Wildman–Crippen LogP) is 2.97. The third-order valence-corrected chi connectivity index (χ3v) is 3.20. The fourth-order valence-corrected chi connectivity index (χ4v) is 2.35. The summed E-state index contributed by atoms with van der Waals surface area (Å²) in [5.74, 6) is 0.691. The van der Waals surface area contributed by atoms with Crippen molar-refractivity contribution in [2.24, 2.45) is 0 Å². The van der Waals surface area contributed by atoms with Gasteiger partial charge < -0.3 is 14.3 Å². The second-order valence-electron chi connectivity index (χ2n) is 4.44. The van der Waals surface area contributed by atoms with Gasteiger partial charge >= 0.3 is 5.63 Å². The molecule has 1 aromatic heterocycles. The van der Waals surface area contributed by atoms with E-state index in [2.05, 4.69) is 0 Å². The Morgan fingerprint density at radius 2 is 1.95 bits per heavy atom. The molecular formula is C15H12O4. The van der Waals surface area contributed by atoms with Crippen LogP contribution in [0.2, 0.25) is 0 Å². The number of rotatable bonds is 1. The van der Waals surface area contributed by atoms with Crippen LogP contribution in [-0.4, -0.2) is 12.2 Å². The van der Waals surface area contributed by atoms with Crippen LogP contribution in [0.5, 0.6) is 11.5 Å². The Morgan fingerprint density at radius 1 is 1.16 bits per heavy atom. The van der Waals surface area contributed by atoms with Crippen molar-refractivity contribution in [2.75, 3.05) is 7.11 Å². The molecule has 1 heterocycles. The van der Waals surface area contributed by atoms with Gasteiger partial charge in [-0.15, -0.1) is 0 Å². The normalized spacial score (nSPS) is 11.1. The number of phenolic OH excluding ortho intramolecular Hbond substituents is 1. The largest absolute Gasteiger partial charge is 0.508 e. The minimum atomic E-state index is -0.439. The van der Waals surface area contributed by atoms with E-state index >= 15 is 0 Å². The fourth-order valence-electron chi connectivity index (χ4n) is 2.35. The summed E-state index contributed by atoms with van der Waals surface area (Å²) in [4.78, 5) is 12.0. The molecule has 0 amide bonds. The molecule has 4 nitrogen and oxygen atoms in total. The summed E-state index contributed by atoms with van der Waals surface area (Å²) in [5.41, 5.74) is 0.806. The first-order valence-electron chi connectivity index (χ1n) is 5.84. The fraction of sp³-hybridized carbons (Fsp3) is 0.133. The number of phenols is 1. The zero-order valence-electron chi connectivity index (χ0n) is 10.6. The summed E-state index contributed by atoms with van der Waals surface area (Å²) >= 11 is 0. The van der Waals surface area contributed by atoms with Crippen LogP contribution in [0, 0.1) is 6.92 Å². The lowest BCUT2D eigenvalue weighted by atomic mass is 10.0. The molecular weight excluding hydrogens is 244 g/mol. The van der Waals surface area contributed by atoms with Crippen LogP contribution in [0.1, 0.15) is 5.56 Å². The van der Waals surface area contributed by atoms with Gasteiger partial charge in [0, 0.05) is 16.8 Å². The highest BCUT2D eigenvalue weighted by Gasteiger charge is 2.11. The van der Waals surface area contributed by atoms with E-state index in [4.69, 9.17) is 9.15 Å². The number of hydrogen-bond donors (Lipinski definition) is 1. The number of aromatic hydroxyl groups is 1. The van der Waals surface area contributed by atoms with Crippen LogP contribution in [-0.2, 0) is 0 Å². The van der Waals surface area contributed by atoms with Gasteiger partial charge in [0.2, 0.25) is 0 Å². The van der Waals surface area contributed by atoms with E-state index in [1.54, 1.807) is 25.3 Å². The first-order valence-corrected chi connectivity index (χ1v) is 5.84. The average molecular weight is 256 g/mol. The van der Waals surface area contributed by atoms with Crippen molar-refractivity contribution in [3.8, 4) is 11.5 Å². The maximum atomic E-state index is 12.0. The Labute approximate surface area is 108 Å². The second-order valence-corrected chi connectivity index (χ2v) is 4.44. The van der Waals surface area contributed by atoms with Crippen LogP contribution in [0.25, 0.3) is 21.7 Å². The van der Waals surface area contributed by atoms with Crippen molar-refractivity contribution in [3.63, 3.8) is 0 Å². The van der Waals surface area contributed by atoms with E-state index in [0.717, 1.165) is 16.3 Å². The smallest absolute Gasteiger partial charge is 0.344 e. The van der Waals surface area contributed by atoms with Crippen LogP contribution in [0.15, 0.2) is 39.5 Å². The maximum Gasteiger partial charge on any atom is 0.344 e. The lowest BCUT2D eigenvalue weighted by molar-refractivity contribution is 0.415. The Balaban J connectivity index is 2.56. The molecule has 0 spiro atoms. The predicted molar refractivity (Wildman–Crippen MR) is 72.9 cm³/mol. The van der Waals surface area contributed by atoms with Gasteiger partial charge in [0.25, 0.3) is 0 Å². The highest BCUT2D eigenvalue weighted by Crippen LogP contribution is 2.30. The number of aryl methyl sites for hydroxylation is 1. The molecule has 0 saturated heterocycles. The minimum Gasteiger partial charge on any atom is -0.508 e. The number of hydrogen-bond acceptors (Lipinski definition) is 4. The molecule has 0 aliphatic rings. The topological polar surface area (TPSA) is 59.7 Å². The summed E-state index contributed by atoms with van der Waals surface area (Å²) in [5, 5.41) is 11.7. The van der Waals surface area contributed by atoms with E-state index in [0.29, 0.717) is 16.7 Å². The Hall–Kier alpha value is -2.49. The standard InChI is InChI=1S/C15H12O4/c1-8-5-9(16)6-13-14(8)11-4-3-10(18-2)7-12(11)15(17)19-13/h3-7,16H,1-2H3. The molecule has 0 aliphatic heterocycles. The van der Waals surface area contributed by atoms with Gasteiger partial charge in [-0.1, -0.05) is 0 Å². The van der Waals surface area contributed by atoms with Crippen molar-refractivity contribution in [1.29, 1.82) is 0 Å². The van der Waals surface area contributed by atoms with Crippen molar-refractivity contribution in [3.05, 3.63) is 46.3 Å². The molecule has 96 valence electrons. The first-order chi connectivity index (χ1) is 9.10. The zero-order chi connectivity index (χ0) is 13.6. The second kappa shape index (κ2) is 4.02. The zero-order valence-corrected chi connectivity index (χ0v) is 10.6. The van der Waals surface area contributed by atoms with Gasteiger partial charge in [-0.25, -0.2) is 4.79 Å². The lowest BCUT2D eigenvalue weighted by Crippen LogP contribution is -2.01. The van der Waals surface area contributed by atoms with Gasteiger partial charge in [0.15, 0.2) is 0 Å². The van der Waals surface area contributed by atoms with Gasteiger partial charge in [-0.2, -0.15) is 0 Å². The van der Waals surface area contributed by atoms with E-state index in [1.165, 1.54) is 6.07 Å². The molecule has 19 heavy (non-hydrogen) atoms. The molecule has 1 N–H and O–H groups in total. The Morgan fingerprint density at radius 3 is 2.68 bits per heavy atom. The van der Waals surface area contributed by atoms with Crippen LogP contribution in [0.4, 0.5) is 0 Å². The van der Waals surface area contributed by atoms with Gasteiger partial charge in [-0.05, 0) is 36.8 Å². The Kier molecular flexibility index (Phi) is 2.45. The molecule has 0 atom stereocenters. The molecule has 0 fully saturated rings. The van der Waals surface area contributed by atoms with Crippen LogP contribution < -0.4 is 10.4 Å². The van der Waals surface area contributed by atoms with Crippen molar-refractivity contribution >= 4 is 21.7 Å². The third kappa shape index (κ3) is 1.73. The van der Waals surface area contributed by atoms with E-state index in [1.807, 2.05) is 13.0 Å². The molecule has 0 unspecified atom stereocenters. The number of ether oxygens (including phenoxy) is 1. The molecule has 4 heteroatoms. The highest BCUT2D eigenvalue weighted by molar-refractivity contribution is 6.06. The summed E-state index contributed by atoms with van der Waals surface area (Å²) < 4.78 is 10.4. The molecule has 0 aliphatic carbocycles.